The van der Waals surface area contributed by atoms with Crippen LogP contribution >= 0.6 is 11.6 Å². The molecule has 0 saturated carbocycles. The summed E-state index contributed by atoms with van der Waals surface area (Å²) in [5, 5.41) is 0. The third-order valence-electron chi connectivity index (χ3n) is 2.97. The minimum atomic E-state index is 0.501. The molecule has 0 N–H and O–H groups in total. The summed E-state index contributed by atoms with van der Waals surface area (Å²) in [5.74, 6) is 0.501. The average molecular weight is 225 g/mol. The van der Waals surface area contributed by atoms with Gasteiger partial charge in [0.2, 0.25) is 0 Å². The van der Waals surface area contributed by atoms with E-state index in [0.29, 0.717) is 5.88 Å². The van der Waals surface area contributed by atoms with Crippen molar-refractivity contribution in [3.63, 3.8) is 0 Å². The summed E-state index contributed by atoms with van der Waals surface area (Å²) >= 11 is 5.81. The average Bonchev–Trinajstić information content (AvgIpc) is 2.31. The van der Waals surface area contributed by atoms with E-state index in [2.05, 4.69) is 22.9 Å². The molecule has 1 aromatic rings. The number of hydrogen-bond acceptors (Lipinski definition) is 2. The van der Waals surface area contributed by atoms with Crippen molar-refractivity contribution in [1.82, 2.24) is 4.98 Å². The van der Waals surface area contributed by atoms with Crippen LogP contribution in [0.1, 0.15) is 30.5 Å². The Hall–Kier alpha value is -0.760. The first-order valence-electron chi connectivity index (χ1n) is 5.57. The molecule has 82 valence electrons. The number of aryl methyl sites for hydroxylation is 1. The number of hydrogen-bond donors (Lipinski definition) is 0. The smallest absolute Gasteiger partial charge is 0.0648 e. The minimum Gasteiger partial charge on any atom is -0.371 e. The quantitative estimate of drug-likeness (QED) is 0.718. The van der Waals surface area contributed by atoms with Gasteiger partial charge in [-0.3, -0.25) is 4.98 Å². The van der Waals surface area contributed by atoms with Crippen LogP contribution in [0.15, 0.2) is 12.3 Å². The first kappa shape index (κ1) is 10.7. The maximum Gasteiger partial charge on any atom is 0.0648 e. The number of anilines is 1. The van der Waals surface area contributed by atoms with Crippen LogP contribution in [-0.2, 0) is 5.88 Å². The first-order chi connectivity index (χ1) is 7.31. The molecule has 15 heavy (non-hydrogen) atoms. The lowest BCUT2D eigenvalue weighted by Gasteiger charge is -2.30. The SMILES string of the molecule is Cc1cnc(CCl)cc1N1CCCCC1. The largest absolute Gasteiger partial charge is 0.371 e. The highest BCUT2D eigenvalue weighted by Crippen LogP contribution is 2.24. The molecule has 2 heterocycles. The summed E-state index contributed by atoms with van der Waals surface area (Å²) < 4.78 is 0. The van der Waals surface area contributed by atoms with Gasteiger partial charge >= 0.3 is 0 Å². The van der Waals surface area contributed by atoms with Gasteiger partial charge in [0.25, 0.3) is 0 Å². The molecule has 0 aromatic carbocycles. The molecule has 0 unspecified atom stereocenters. The molecule has 1 fully saturated rings. The van der Waals surface area contributed by atoms with Crippen LogP contribution in [-0.4, -0.2) is 18.1 Å². The lowest BCUT2D eigenvalue weighted by Crippen LogP contribution is -2.30. The molecule has 1 saturated heterocycles. The fraction of sp³-hybridized carbons (Fsp3) is 0.583. The molecule has 0 bridgehead atoms. The minimum absolute atomic E-state index is 0.501. The lowest BCUT2D eigenvalue weighted by atomic mass is 10.1. The standard InChI is InChI=1S/C12H17ClN2/c1-10-9-14-11(8-13)7-12(10)15-5-3-2-4-6-15/h7,9H,2-6,8H2,1H3. The number of piperidine rings is 1. The third-order valence-corrected chi connectivity index (χ3v) is 3.24. The summed E-state index contributed by atoms with van der Waals surface area (Å²) in [7, 11) is 0. The zero-order valence-electron chi connectivity index (χ0n) is 9.17. The van der Waals surface area contributed by atoms with E-state index in [9.17, 15) is 0 Å². The summed E-state index contributed by atoms with van der Waals surface area (Å²) in [6.07, 6.45) is 5.90. The van der Waals surface area contributed by atoms with E-state index in [1.807, 2.05) is 6.20 Å². The third kappa shape index (κ3) is 2.43. The zero-order chi connectivity index (χ0) is 10.7. The number of rotatable bonds is 2. The van der Waals surface area contributed by atoms with Gasteiger partial charge in [-0.25, -0.2) is 0 Å². The first-order valence-corrected chi connectivity index (χ1v) is 6.11. The van der Waals surface area contributed by atoms with Crippen LogP contribution in [0.3, 0.4) is 0 Å². The second kappa shape index (κ2) is 4.84. The van der Waals surface area contributed by atoms with E-state index in [4.69, 9.17) is 11.6 Å². The maximum atomic E-state index is 5.81. The normalized spacial score (nSPS) is 16.8. The highest BCUT2D eigenvalue weighted by molar-refractivity contribution is 6.16. The molecule has 0 radical (unpaired) electrons. The van der Waals surface area contributed by atoms with E-state index in [-0.39, 0.29) is 0 Å². The summed E-state index contributed by atoms with van der Waals surface area (Å²) in [5.41, 5.74) is 3.55. The van der Waals surface area contributed by atoms with Crippen LogP contribution in [0.4, 0.5) is 5.69 Å². The monoisotopic (exact) mass is 224 g/mol. The molecule has 2 nitrogen and oxygen atoms in total. The Morgan fingerprint density at radius 3 is 2.73 bits per heavy atom. The maximum absolute atomic E-state index is 5.81. The molecule has 0 spiro atoms. The predicted molar refractivity (Wildman–Crippen MR) is 64.6 cm³/mol. The molecule has 1 aliphatic rings. The van der Waals surface area contributed by atoms with Gasteiger partial charge < -0.3 is 4.90 Å². The van der Waals surface area contributed by atoms with Crippen molar-refractivity contribution in [2.45, 2.75) is 32.1 Å². The highest BCUT2D eigenvalue weighted by Gasteiger charge is 2.13. The van der Waals surface area contributed by atoms with Crippen molar-refractivity contribution >= 4 is 17.3 Å². The number of aromatic nitrogens is 1. The lowest BCUT2D eigenvalue weighted by molar-refractivity contribution is 0.576. The highest BCUT2D eigenvalue weighted by atomic mass is 35.5. The van der Waals surface area contributed by atoms with Crippen molar-refractivity contribution in [1.29, 1.82) is 0 Å². The van der Waals surface area contributed by atoms with Gasteiger partial charge in [-0.2, -0.15) is 0 Å². The van der Waals surface area contributed by atoms with Gasteiger partial charge in [-0.15, -0.1) is 11.6 Å². The van der Waals surface area contributed by atoms with Gasteiger partial charge in [0.15, 0.2) is 0 Å². The van der Waals surface area contributed by atoms with Gasteiger partial charge in [-0.05, 0) is 37.8 Å². The predicted octanol–water partition coefficient (Wildman–Crippen LogP) is 3.12. The molecule has 0 amide bonds. The van der Waals surface area contributed by atoms with Crippen LogP contribution in [0.25, 0.3) is 0 Å². The Morgan fingerprint density at radius 1 is 1.33 bits per heavy atom. The fourth-order valence-electron chi connectivity index (χ4n) is 2.10. The number of nitrogens with zero attached hydrogens (tertiary/aromatic N) is 2. The summed E-state index contributed by atoms with van der Waals surface area (Å²) in [6.45, 7) is 4.47. The van der Waals surface area contributed by atoms with Crippen molar-refractivity contribution in [3.05, 3.63) is 23.5 Å². The topological polar surface area (TPSA) is 16.1 Å². The molecular weight excluding hydrogens is 208 g/mol. The van der Waals surface area contributed by atoms with Gasteiger partial charge in [-0.1, -0.05) is 0 Å². The molecule has 1 aromatic heterocycles. The Kier molecular flexibility index (Phi) is 3.47. The molecule has 0 aliphatic carbocycles. The van der Waals surface area contributed by atoms with Crippen LogP contribution in [0.5, 0.6) is 0 Å². The number of halogens is 1. The van der Waals surface area contributed by atoms with Gasteiger partial charge in [0.1, 0.15) is 0 Å². The van der Waals surface area contributed by atoms with Crippen molar-refractivity contribution < 1.29 is 0 Å². The fourth-order valence-corrected chi connectivity index (χ4v) is 2.25. The van der Waals surface area contributed by atoms with E-state index >= 15 is 0 Å². The Balaban J connectivity index is 2.24. The van der Waals surface area contributed by atoms with E-state index in [1.165, 1.54) is 43.6 Å². The van der Waals surface area contributed by atoms with Crippen LogP contribution < -0.4 is 4.90 Å². The number of pyridine rings is 1. The Morgan fingerprint density at radius 2 is 2.07 bits per heavy atom. The summed E-state index contributed by atoms with van der Waals surface area (Å²) in [4.78, 5) is 6.75. The second-order valence-corrected chi connectivity index (χ2v) is 4.41. The van der Waals surface area contributed by atoms with Gasteiger partial charge in [0, 0.05) is 25.0 Å². The molecule has 0 atom stereocenters. The molecular formula is C12H17ClN2. The van der Waals surface area contributed by atoms with E-state index in [1.54, 1.807) is 0 Å². The van der Waals surface area contributed by atoms with E-state index in [0.717, 1.165) is 5.69 Å². The molecule has 2 rings (SSSR count). The summed E-state index contributed by atoms with van der Waals surface area (Å²) in [6, 6.07) is 2.13. The van der Waals surface area contributed by atoms with Crippen molar-refractivity contribution in [2.24, 2.45) is 0 Å². The van der Waals surface area contributed by atoms with E-state index < -0.39 is 0 Å². The second-order valence-electron chi connectivity index (χ2n) is 4.14. The molecule has 3 heteroatoms. The van der Waals surface area contributed by atoms with Crippen molar-refractivity contribution in [3.8, 4) is 0 Å². The van der Waals surface area contributed by atoms with Crippen LogP contribution in [0, 0.1) is 6.92 Å². The zero-order valence-corrected chi connectivity index (χ0v) is 9.93. The Labute approximate surface area is 96.3 Å². The number of alkyl halides is 1. The van der Waals surface area contributed by atoms with Crippen LogP contribution in [0.2, 0.25) is 0 Å². The molecule has 1 aliphatic heterocycles. The van der Waals surface area contributed by atoms with Crippen molar-refractivity contribution in [2.75, 3.05) is 18.0 Å². The Bertz CT molecular complexity index is 332. The van der Waals surface area contributed by atoms with Gasteiger partial charge in [0.05, 0.1) is 11.6 Å².